The Labute approximate surface area is 97.1 Å². The highest BCUT2D eigenvalue weighted by Gasteiger charge is 2.34. The van der Waals surface area contributed by atoms with Crippen LogP contribution in [0.3, 0.4) is 0 Å². The molecule has 1 aliphatic heterocycles. The molecule has 1 aromatic rings. The largest absolute Gasteiger partial charge is 0.371 e. The third-order valence-electron chi connectivity index (χ3n) is 3.37. The average molecular weight is 220 g/mol. The smallest absolute Gasteiger partial charge is 0.144 e. The quantitative estimate of drug-likeness (QED) is 0.802. The molecule has 3 nitrogen and oxygen atoms in total. The summed E-state index contributed by atoms with van der Waals surface area (Å²) in [6.45, 7) is 5.75. The molecule has 0 radical (unpaired) electrons. The zero-order valence-corrected chi connectivity index (χ0v) is 9.82. The van der Waals surface area contributed by atoms with Gasteiger partial charge in [-0.1, -0.05) is 37.3 Å². The van der Waals surface area contributed by atoms with Crippen LogP contribution in [0.2, 0.25) is 0 Å². The number of piperazine rings is 1. The predicted octanol–water partition coefficient (Wildman–Crippen LogP) is 1.15. The molecule has 2 rings (SSSR count). The third-order valence-corrected chi connectivity index (χ3v) is 3.37. The second kappa shape index (κ2) is 4.95. The van der Waals surface area contributed by atoms with E-state index in [1.165, 1.54) is 0 Å². The molecule has 1 saturated heterocycles. The van der Waals surface area contributed by atoms with E-state index in [0.29, 0.717) is 0 Å². The lowest BCUT2D eigenvalue weighted by molar-refractivity contribution is -0.123. The highest BCUT2D eigenvalue weighted by molar-refractivity contribution is 5.21. The van der Waals surface area contributed by atoms with Gasteiger partial charge in [0.2, 0.25) is 0 Å². The van der Waals surface area contributed by atoms with Crippen molar-refractivity contribution in [1.29, 1.82) is 0 Å². The molecule has 1 fully saturated rings. The van der Waals surface area contributed by atoms with Gasteiger partial charge in [-0.3, -0.25) is 4.90 Å². The summed E-state index contributed by atoms with van der Waals surface area (Å²) in [5.74, 6) is 0. The molecule has 1 aromatic carbocycles. The maximum atomic E-state index is 10.8. The van der Waals surface area contributed by atoms with Gasteiger partial charge in [0.1, 0.15) is 5.72 Å². The lowest BCUT2D eigenvalue weighted by Gasteiger charge is -2.42. The van der Waals surface area contributed by atoms with Gasteiger partial charge >= 0.3 is 0 Å². The van der Waals surface area contributed by atoms with Gasteiger partial charge in [-0.25, -0.2) is 0 Å². The highest BCUT2D eigenvalue weighted by atomic mass is 16.3. The first-order valence-electron chi connectivity index (χ1n) is 6.01. The number of hydrogen-bond acceptors (Lipinski definition) is 3. The van der Waals surface area contributed by atoms with Crippen LogP contribution in [-0.2, 0) is 5.72 Å². The summed E-state index contributed by atoms with van der Waals surface area (Å²) in [7, 11) is 0. The normalized spacial score (nSPS) is 21.6. The number of rotatable bonds is 3. The minimum atomic E-state index is -0.802. The third kappa shape index (κ3) is 2.12. The molecular weight excluding hydrogens is 200 g/mol. The molecule has 0 aromatic heterocycles. The van der Waals surface area contributed by atoms with Crippen molar-refractivity contribution < 1.29 is 5.11 Å². The number of nitrogens with zero attached hydrogens (tertiary/aromatic N) is 1. The fraction of sp³-hybridized carbons (Fsp3) is 0.538. The lowest BCUT2D eigenvalue weighted by atomic mass is 9.97. The molecular formula is C13H20N2O. The van der Waals surface area contributed by atoms with Crippen LogP contribution in [0.15, 0.2) is 30.3 Å². The summed E-state index contributed by atoms with van der Waals surface area (Å²) in [4.78, 5) is 2.17. The number of aliphatic hydroxyl groups is 1. The minimum Gasteiger partial charge on any atom is -0.371 e. The van der Waals surface area contributed by atoms with Gasteiger partial charge < -0.3 is 10.4 Å². The Morgan fingerprint density at radius 3 is 2.44 bits per heavy atom. The molecule has 2 N–H and O–H groups in total. The van der Waals surface area contributed by atoms with E-state index in [9.17, 15) is 5.11 Å². The molecule has 1 heterocycles. The summed E-state index contributed by atoms with van der Waals surface area (Å²) in [6, 6.07) is 9.96. The number of hydrogen-bond donors (Lipinski definition) is 2. The fourth-order valence-electron chi connectivity index (χ4n) is 2.35. The molecule has 3 heteroatoms. The van der Waals surface area contributed by atoms with Crippen LogP contribution in [0.1, 0.15) is 18.9 Å². The van der Waals surface area contributed by atoms with Crippen molar-refractivity contribution in [2.24, 2.45) is 0 Å². The second-order valence-electron chi connectivity index (χ2n) is 4.27. The molecule has 1 unspecified atom stereocenters. The van der Waals surface area contributed by atoms with Crippen LogP contribution >= 0.6 is 0 Å². The van der Waals surface area contributed by atoms with E-state index in [1.807, 2.05) is 37.3 Å². The Balaban J connectivity index is 2.24. The van der Waals surface area contributed by atoms with E-state index in [1.54, 1.807) is 0 Å². The maximum Gasteiger partial charge on any atom is 0.144 e. The topological polar surface area (TPSA) is 35.5 Å². The Hall–Kier alpha value is -0.900. The highest BCUT2D eigenvalue weighted by Crippen LogP contribution is 2.29. The van der Waals surface area contributed by atoms with Crippen LogP contribution in [0.4, 0.5) is 0 Å². The van der Waals surface area contributed by atoms with Crippen molar-refractivity contribution in [1.82, 2.24) is 10.2 Å². The Bertz CT molecular complexity index is 322. The molecule has 0 saturated carbocycles. The first-order valence-corrected chi connectivity index (χ1v) is 6.01. The van der Waals surface area contributed by atoms with Crippen molar-refractivity contribution in [3.63, 3.8) is 0 Å². The zero-order chi connectivity index (χ0) is 11.4. The van der Waals surface area contributed by atoms with E-state index in [2.05, 4.69) is 10.2 Å². The summed E-state index contributed by atoms with van der Waals surface area (Å²) >= 11 is 0. The standard InChI is InChI=1S/C13H20N2O/c1-2-13(16,12-6-4-3-5-7-12)15-10-8-14-9-11-15/h3-7,14,16H,2,8-11H2,1H3. The molecule has 0 spiro atoms. The monoisotopic (exact) mass is 220 g/mol. The first kappa shape index (κ1) is 11.6. The van der Waals surface area contributed by atoms with Gasteiger partial charge in [0.15, 0.2) is 0 Å². The fourth-order valence-corrected chi connectivity index (χ4v) is 2.35. The average Bonchev–Trinajstić information content (AvgIpc) is 2.40. The second-order valence-corrected chi connectivity index (χ2v) is 4.27. The van der Waals surface area contributed by atoms with Crippen molar-refractivity contribution in [3.05, 3.63) is 35.9 Å². The predicted molar refractivity (Wildman–Crippen MR) is 65.1 cm³/mol. The molecule has 0 amide bonds. The van der Waals surface area contributed by atoms with Crippen molar-refractivity contribution in [3.8, 4) is 0 Å². The summed E-state index contributed by atoms with van der Waals surface area (Å²) in [5, 5.41) is 14.1. The van der Waals surface area contributed by atoms with Crippen LogP contribution in [0, 0.1) is 0 Å². The van der Waals surface area contributed by atoms with Gasteiger partial charge in [0, 0.05) is 26.2 Å². The van der Waals surface area contributed by atoms with E-state index < -0.39 is 5.72 Å². The summed E-state index contributed by atoms with van der Waals surface area (Å²) in [6.07, 6.45) is 0.719. The molecule has 16 heavy (non-hydrogen) atoms. The zero-order valence-electron chi connectivity index (χ0n) is 9.82. The van der Waals surface area contributed by atoms with Crippen LogP contribution in [0.25, 0.3) is 0 Å². The van der Waals surface area contributed by atoms with Gasteiger partial charge in [-0.2, -0.15) is 0 Å². The van der Waals surface area contributed by atoms with Crippen LogP contribution < -0.4 is 5.32 Å². The molecule has 1 atom stereocenters. The Kier molecular flexibility index (Phi) is 3.59. The van der Waals surface area contributed by atoms with Gasteiger partial charge in [-0.05, 0) is 12.0 Å². The van der Waals surface area contributed by atoms with E-state index >= 15 is 0 Å². The van der Waals surface area contributed by atoms with Gasteiger partial charge in [-0.15, -0.1) is 0 Å². The minimum absolute atomic E-state index is 0.719. The maximum absolute atomic E-state index is 10.8. The number of nitrogens with one attached hydrogen (secondary N) is 1. The Morgan fingerprint density at radius 2 is 1.88 bits per heavy atom. The van der Waals surface area contributed by atoms with Gasteiger partial charge in [0.05, 0.1) is 0 Å². The van der Waals surface area contributed by atoms with E-state index in [-0.39, 0.29) is 0 Å². The van der Waals surface area contributed by atoms with Crippen molar-refractivity contribution in [2.45, 2.75) is 19.1 Å². The van der Waals surface area contributed by atoms with E-state index in [4.69, 9.17) is 0 Å². The van der Waals surface area contributed by atoms with Crippen molar-refractivity contribution in [2.75, 3.05) is 26.2 Å². The number of benzene rings is 1. The van der Waals surface area contributed by atoms with Crippen LogP contribution in [-0.4, -0.2) is 36.2 Å². The molecule has 0 aliphatic carbocycles. The summed E-state index contributed by atoms with van der Waals surface area (Å²) in [5.41, 5.74) is 0.197. The van der Waals surface area contributed by atoms with Crippen LogP contribution in [0.5, 0.6) is 0 Å². The molecule has 0 bridgehead atoms. The van der Waals surface area contributed by atoms with Crippen molar-refractivity contribution >= 4 is 0 Å². The molecule has 1 aliphatic rings. The first-order chi connectivity index (χ1) is 7.77. The van der Waals surface area contributed by atoms with E-state index in [0.717, 1.165) is 38.2 Å². The SMILES string of the molecule is CCC(O)(c1ccccc1)N1CCNCC1. The Morgan fingerprint density at radius 1 is 1.25 bits per heavy atom. The molecule has 88 valence electrons. The van der Waals surface area contributed by atoms with Gasteiger partial charge in [0.25, 0.3) is 0 Å². The summed E-state index contributed by atoms with van der Waals surface area (Å²) < 4.78 is 0. The lowest BCUT2D eigenvalue weighted by Crippen LogP contribution is -2.54.